The zero-order valence-corrected chi connectivity index (χ0v) is 20.8. The molecule has 7 nitrogen and oxygen atoms in total. The first-order valence-corrected chi connectivity index (χ1v) is 13.3. The van der Waals surface area contributed by atoms with Crippen LogP contribution in [0.15, 0.2) is 101 Å². The molecule has 0 aliphatic rings. The van der Waals surface area contributed by atoms with E-state index in [0.29, 0.717) is 16.4 Å². The Balaban J connectivity index is 1.32. The topological polar surface area (TPSA) is 97.4 Å². The molecule has 1 amide bonds. The van der Waals surface area contributed by atoms with Crippen LogP contribution < -0.4 is 14.8 Å². The number of hydrogen-bond acceptors (Lipinski definition) is 6. The number of nitrogens with zero attached hydrogens (tertiary/aromatic N) is 1. The molecule has 0 atom stereocenters. The minimum atomic E-state index is -3.83. The second-order valence-corrected chi connectivity index (χ2v) is 10.4. The van der Waals surface area contributed by atoms with E-state index in [9.17, 15) is 13.2 Å². The van der Waals surface area contributed by atoms with Gasteiger partial charge in [0.05, 0.1) is 17.7 Å². The van der Waals surface area contributed by atoms with Gasteiger partial charge in [-0.25, -0.2) is 13.4 Å². The Morgan fingerprint density at radius 3 is 2.47 bits per heavy atom. The lowest BCUT2D eigenvalue weighted by atomic mass is 10.0. The van der Waals surface area contributed by atoms with Gasteiger partial charge in [-0.3, -0.25) is 14.8 Å². The number of carbonyl (C=O) groups excluding carboxylic acids is 1. The number of thiazole rings is 1. The maximum atomic E-state index is 12.9. The van der Waals surface area contributed by atoms with Crippen molar-refractivity contribution in [2.75, 3.05) is 17.1 Å². The van der Waals surface area contributed by atoms with Gasteiger partial charge in [0.25, 0.3) is 15.9 Å². The monoisotopic (exact) mass is 515 g/mol. The summed E-state index contributed by atoms with van der Waals surface area (Å²) in [5.41, 5.74) is 2.33. The van der Waals surface area contributed by atoms with Crippen LogP contribution in [0.25, 0.3) is 22.0 Å². The van der Waals surface area contributed by atoms with E-state index in [0.717, 1.165) is 22.0 Å². The van der Waals surface area contributed by atoms with Gasteiger partial charge in [-0.2, -0.15) is 0 Å². The minimum absolute atomic E-state index is 0.0851. The largest absolute Gasteiger partial charge is 0.497 e. The quantitative estimate of drug-likeness (QED) is 0.276. The molecule has 9 heteroatoms. The molecule has 5 aromatic rings. The van der Waals surface area contributed by atoms with Crippen molar-refractivity contribution in [1.82, 2.24) is 4.98 Å². The van der Waals surface area contributed by atoms with E-state index in [-0.39, 0.29) is 16.5 Å². The third-order valence-corrected chi connectivity index (χ3v) is 7.69. The Morgan fingerprint density at radius 2 is 1.67 bits per heavy atom. The summed E-state index contributed by atoms with van der Waals surface area (Å²) in [5.74, 6) is 0.165. The van der Waals surface area contributed by atoms with Gasteiger partial charge in [0, 0.05) is 22.2 Å². The van der Waals surface area contributed by atoms with Gasteiger partial charge in [-0.1, -0.05) is 48.5 Å². The zero-order chi connectivity index (χ0) is 25.1. The van der Waals surface area contributed by atoms with E-state index in [4.69, 9.17) is 4.74 Å². The number of carbonyl (C=O) groups is 1. The molecule has 0 saturated carbocycles. The van der Waals surface area contributed by atoms with Gasteiger partial charge in [0.1, 0.15) is 5.75 Å². The van der Waals surface area contributed by atoms with Gasteiger partial charge < -0.3 is 4.74 Å². The highest BCUT2D eigenvalue weighted by Crippen LogP contribution is 2.31. The summed E-state index contributed by atoms with van der Waals surface area (Å²) in [7, 11) is -2.32. The van der Waals surface area contributed by atoms with Crippen LogP contribution >= 0.6 is 11.3 Å². The van der Waals surface area contributed by atoms with Crippen LogP contribution in [0.2, 0.25) is 0 Å². The molecule has 4 aromatic carbocycles. The predicted molar refractivity (Wildman–Crippen MR) is 143 cm³/mol. The summed E-state index contributed by atoms with van der Waals surface area (Å²) >= 11 is 1.33. The molecule has 0 radical (unpaired) electrons. The van der Waals surface area contributed by atoms with Crippen molar-refractivity contribution in [3.8, 4) is 17.0 Å². The van der Waals surface area contributed by atoms with Crippen LogP contribution in [0.3, 0.4) is 0 Å². The van der Waals surface area contributed by atoms with Crippen molar-refractivity contribution < 1.29 is 17.9 Å². The molecule has 5 rings (SSSR count). The van der Waals surface area contributed by atoms with Gasteiger partial charge in [0.15, 0.2) is 5.13 Å². The standard InChI is InChI=1S/C27H21N3O4S2/c1-34-21-12-14-22(15-13-21)36(32,33)30-20-9-4-8-19(16-20)26(31)29-27-28-25(17-35-27)24-11-5-7-18-6-2-3-10-23(18)24/h2-17,30H,1H3,(H,28,29,31). The first-order valence-electron chi connectivity index (χ1n) is 10.9. The molecular weight excluding hydrogens is 494 g/mol. The fourth-order valence-corrected chi connectivity index (χ4v) is 5.52. The van der Waals surface area contributed by atoms with Gasteiger partial charge >= 0.3 is 0 Å². The van der Waals surface area contributed by atoms with E-state index in [1.54, 1.807) is 30.3 Å². The molecule has 0 saturated heterocycles. The summed E-state index contributed by atoms with van der Waals surface area (Å²) < 4.78 is 33.1. The van der Waals surface area contributed by atoms with Gasteiger partial charge in [-0.15, -0.1) is 11.3 Å². The summed E-state index contributed by atoms with van der Waals surface area (Å²) in [6, 6.07) is 26.4. The number of anilines is 2. The average Bonchev–Trinajstić information content (AvgIpc) is 3.36. The summed E-state index contributed by atoms with van der Waals surface area (Å²) in [4.78, 5) is 17.6. The zero-order valence-electron chi connectivity index (χ0n) is 19.1. The highest BCUT2D eigenvalue weighted by atomic mass is 32.2. The smallest absolute Gasteiger partial charge is 0.261 e. The van der Waals surface area contributed by atoms with E-state index in [1.165, 1.54) is 36.6 Å². The first kappa shape index (κ1) is 23.5. The maximum Gasteiger partial charge on any atom is 0.261 e. The molecule has 36 heavy (non-hydrogen) atoms. The summed E-state index contributed by atoms with van der Waals surface area (Å²) in [5, 5.41) is 7.36. The maximum absolute atomic E-state index is 12.9. The number of hydrogen-bond donors (Lipinski definition) is 2. The molecule has 0 fully saturated rings. The average molecular weight is 516 g/mol. The highest BCUT2D eigenvalue weighted by molar-refractivity contribution is 7.92. The number of nitrogens with one attached hydrogen (secondary N) is 2. The fourth-order valence-electron chi connectivity index (χ4n) is 3.77. The van der Waals surface area contributed by atoms with E-state index in [1.807, 2.05) is 47.8 Å². The Bertz CT molecular complexity index is 1660. The third-order valence-electron chi connectivity index (χ3n) is 5.54. The van der Waals surface area contributed by atoms with Crippen molar-refractivity contribution >= 4 is 48.9 Å². The van der Waals surface area contributed by atoms with Crippen molar-refractivity contribution in [2.24, 2.45) is 0 Å². The van der Waals surface area contributed by atoms with Crippen LogP contribution in [0.4, 0.5) is 10.8 Å². The molecule has 0 aliphatic heterocycles. The van der Waals surface area contributed by atoms with E-state index < -0.39 is 10.0 Å². The normalized spacial score (nSPS) is 11.2. The SMILES string of the molecule is COc1ccc(S(=O)(=O)Nc2cccc(C(=O)Nc3nc(-c4cccc5ccccc45)cs3)c2)cc1. The lowest BCUT2D eigenvalue weighted by Crippen LogP contribution is -2.15. The fraction of sp³-hybridized carbons (Fsp3) is 0.0370. The summed E-state index contributed by atoms with van der Waals surface area (Å²) in [6.07, 6.45) is 0. The van der Waals surface area contributed by atoms with Crippen LogP contribution in [0.5, 0.6) is 5.75 Å². The second kappa shape index (κ2) is 9.80. The summed E-state index contributed by atoms with van der Waals surface area (Å²) in [6.45, 7) is 0. The Hall–Kier alpha value is -4.21. The highest BCUT2D eigenvalue weighted by Gasteiger charge is 2.16. The number of amides is 1. The minimum Gasteiger partial charge on any atom is -0.497 e. The molecule has 0 aliphatic carbocycles. The third kappa shape index (κ3) is 4.93. The van der Waals surface area contributed by atoms with Gasteiger partial charge in [0.2, 0.25) is 0 Å². The second-order valence-electron chi connectivity index (χ2n) is 7.88. The molecule has 1 aromatic heterocycles. The van der Waals surface area contributed by atoms with E-state index >= 15 is 0 Å². The first-order chi connectivity index (χ1) is 17.4. The number of ether oxygens (including phenoxy) is 1. The van der Waals surface area contributed by atoms with Crippen LogP contribution in [-0.2, 0) is 10.0 Å². The molecule has 1 heterocycles. The Morgan fingerprint density at radius 1 is 0.917 bits per heavy atom. The Kier molecular flexibility index (Phi) is 6.41. The molecule has 0 unspecified atom stereocenters. The van der Waals surface area contributed by atoms with Crippen LogP contribution in [0, 0.1) is 0 Å². The number of benzene rings is 4. The number of aromatic nitrogens is 1. The molecule has 180 valence electrons. The van der Waals surface area contributed by atoms with Crippen LogP contribution in [-0.4, -0.2) is 26.4 Å². The number of methoxy groups -OCH3 is 1. The lowest BCUT2D eigenvalue weighted by Gasteiger charge is -2.10. The number of fused-ring (bicyclic) bond motifs is 1. The molecular formula is C27H21N3O4S2. The number of rotatable bonds is 7. The van der Waals surface area contributed by atoms with Crippen molar-refractivity contribution in [3.63, 3.8) is 0 Å². The molecule has 0 spiro atoms. The van der Waals surface area contributed by atoms with Crippen molar-refractivity contribution in [1.29, 1.82) is 0 Å². The van der Waals surface area contributed by atoms with Crippen molar-refractivity contribution in [3.05, 3.63) is 102 Å². The Labute approximate surface area is 212 Å². The van der Waals surface area contributed by atoms with E-state index in [2.05, 4.69) is 15.0 Å². The lowest BCUT2D eigenvalue weighted by molar-refractivity contribution is 0.102. The van der Waals surface area contributed by atoms with Crippen molar-refractivity contribution in [2.45, 2.75) is 4.90 Å². The molecule has 2 N–H and O–H groups in total. The van der Waals surface area contributed by atoms with Crippen LogP contribution in [0.1, 0.15) is 10.4 Å². The predicted octanol–water partition coefficient (Wildman–Crippen LogP) is 6.03. The number of sulfonamides is 1. The van der Waals surface area contributed by atoms with Gasteiger partial charge in [-0.05, 0) is 53.2 Å². The molecule has 0 bridgehead atoms.